The molecule has 0 unspecified atom stereocenters. The maximum Gasteiger partial charge on any atom is 0.115 e. The second-order valence-corrected chi connectivity index (χ2v) is 5.76. The van der Waals surface area contributed by atoms with Gasteiger partial charge in [0.2, 0.25) is 0 Å². The van der Waals surface area contributed by atoms with Gasteiger partial charge < -0.3 is 5.11 Å². The summed E-state index contributed by atoms with van der Waals surface area (Å²) >= 11 is 6.02. The van der Waals surface area contributed by atoms with E-state index < -0.39 is 0 Å². The van der Waals surface area contributed by atoms with E-state index in [2.05, 4.69) is 4.98 Å². The molecular weight excluding hydrogens is 306 g/mol. The van der Waals surface area contributed by atoms with Gasteiger partial charge in [0.05, 0.1) is 5.69 Å². The Labute approximate surface area is 140 Å². The summed E-state index contributed by atoms with van der Waals surface area (Å²) in [5.74, 6) is 0.254. The van der Waals surface area contributed by atoms with Gasteiger partial charge in [-0.1, -0.05) is 48.0 Å². The van der Waals surface area contributed by atoms with Gasteiger partial charge in [0, 0.05) is 16.3 Å². The predicted molar refractivity (Wildman–Crippen MR) is 96.5 cm³/mol. The van der Waals surface area contributed by atoms with Crippen LogP contribution >= 0.6 is 11.6 Å². The molecule has 3 rings (SSSR count). The van der Waals surface area contributed by atoms with E-state index >= 15 is 0 Å². The third-order valence-electron chi connectivity index (χ3n) is 3.52. The number of aryl methyl sites for hydroxylation is 1. The normalized spacial score (nSPS) is 11.0. The van der Waals surface area contributed by atoms with Gasteiger partial charge in [-0.15, -0.1) is 0 Å². The number of nitrogens with zero attached hydrogens (tertiary/aromatic N) is 1. The lowest BCUT2D eigenvalue weighted by atomic mass is 10.0. The molecule has 1 heterocycles. The number of benzene rings is 2. The molecule has 0 aliphatic rings. The van der Waals surface area contributed by atoms with Crippen molar-refractivity contribution >= 4 is 23.8 Å². The Balaban J connectivity index is 2.01. The summed E-state index contributed by atoms with van der Waals surface area (Å²) in [4.78, 5) is 4.63. The fourth-order valence-electron chi connectivity index (χ4n) is 2.37. The number of halogens is 1. The van der Waals surface area contributed by atoms with Crippen molar-refractivity contribution in [2.75, 3.05) is 0 Å². The second kappa shape index (κ2) is 6.67. The molecular formula is C20H16ClNO. The number of rotatable bonds is 3. The van der Waals surface area contributed by atoms with E-state index in [9.17, 15) is 5.11 Å². The van der Waals surface area contributed by atoms with Crippen LogP contribution in [-0.4, -0.2) is 10.1 Å². The third kappa shape index (κ3) is 3.79. The van der Waals surface area contributed by atoms with E-state index in [4.69, 9.17) is 11.6 Å². The van der Waals surface area contributed by atoms with E-state index in [1.807, 2.05) is 67.6 Å². The minimum absolute atomic E-state index is 0.254. The monoisotopic (exact) mass is 321 g/mol. The van der Waals surface area contributed by atoms with E-state index in [-0.39, 0.29) is 5.75 Å². The zero-order valence-electron chi connectivity index (χ0n) is 12.7. The highest BCUT2D eigenvalue weighted by Crippen LogP contribution is 2.26. The molecule has 3 heteroatoms. The van der Waals surface area contributed by atoms with Crippen molar-refractivity contribution in [2.24, 2.45) is 0 Å². The molecule has 0 saturated heterocycles. The molecule has 0 saturated carbocycles. The SMILES string of the molecule is Cc1ccc(-c2ccc(O)cc2)c(C=Cc2cccc(Cl)c2)n1. The average molecular weight is 322 g/mol. The predicted octanol–water partition coefficient (Wildman–Crippen LogP) is 5.59. The average Bonchev–Trinajstić information content (AvgIpc) is 2.54. The van der Waals surface area contributed by atoms with Crippen molar-refractivity contribution in [2.45, 2.75) is 6.92 Å². The van der Waals surface area contributed by atoms with Crippen LogP contribution in [-0.2, 0) is 0 Å². The Morgan fingerprint density at radius 1 is 0.957 bits per heavy atom. The van der Waals surface area contributed by atoms with Gasteiger partial charge in [0.15, 0.2) is 0 Å². The van der Waals surface area contributed by atoms with Crippen LogP contribution in [0.25, 0.3) is 23.3 Å². The highest BCUT2D eigenvalue weighted by Gasteiger charge is 2.05. The van der Waals surface area contributed by atoms with Crippen molar-refractivity contribution in [1.82, 2.24) is 4.98 Å². The molecule has 0 aliphatic carbocycles. The van der Waals surface area contributed by atoms with Crippen LogP contribution in [0, 0.1) is 6.92 Å². The molecule has 0 spiro atoms. The molecule has 0 amide bonds. The number of hydrogen-bond acceptors (Lipinski definition) is 2. The smallest absolute Gasteiger partial charge is 0.115 e. The summed E-state index contributed by atoms with van der Waals surface area (Å²) in [6.45, 7) is 1.97. The number of phenols is 1. The van der Waals surface area contributed by atoms with Crippen LogP contribution in [0.4, 0.5) is 0 Å². The molecule has 0 aliphatic heterocycles. The largest absolute Gasteiger partial charge is 0.508 e. The number of aromatic hydroxyl groups is 1. The van der Waals surface area contributed by atoms with Crippen LogP contribution in [0.3, 0.4) is 0 Å². The Morgan fingerprint density at radius 3 is 2.48 bits per heavy atom. The molecule has 0 radical (unpaired) electrons. The molecule has 0 atom stereocenters. The summed E-state index contributed by atoms with van der Waals surface area (Å²) in [5, 5.41) is 10.2. The van der Waals surface area contributed by atoms with Gasteiger partial charge in [-0.2, -0.15) is 0 Å². The number of hydrogen-bond donors (Lipinski definition) is 1. The van der Waals surface area contributed by atoms with E-state index in [0.717, 1.165) is 28.1 Å². The van der Waals surface area contributed by atoms with Crippen LogP contribution in [0.5, 0.6) is 5.75 Å². The molecule has 3 aromatic rings. The molecule has 114 valence electrons. The summed E-state index contributed by atoms with van der Waals surface area (Å²) in [6, 6.07) is 18.9. The molecule has 1 N–H and O–H groups in total. The Hall–Kier alpha value is -2.58. The molecule has 0 fully saturated rings. The zero-order chi connectivity index (χ0) is 16.2. The fourth-order valence-corrected chi connectivity index (χ4v) is 2.57. The lowest BCUT2D eigenvalue weighted by Gasteiger charge is -2.07. The summed E-state index contributed by atoms with van der Waals surface area (Å²) in [6.07, 6.45) is 3.98. The maximum atomic E-state index is 9.45. The Morgan fingerprint density at radius 2 is 1.74 bits per heavy atom. The number of phenolic OH excluding ortho intramolecular Hbond substituents is 1. The van der Waals surface area contributed by atoms with Crippen molar-refractivity contribution in [1.29, 1.82) is 0 Å². The van der Waals surface area contributed by atoms with Gasteiger partial charge in [-0.05, 0) is 54.5 Å². The summed E-state index contributed by atoms with van der Waals surface area (Å²) < 4.78 is 0. The van der Waals surface area contributed by atoms with Gasteiger partial charge >= 0.3 is 0 Å². The topological polar surface area (TPSA) is 33.1 Å². The molecule has 2 nitrogen and oxygen atoms in total. The van der Waals surface area contributed by atoms with Crippen molar-refractivity contribution < 1.29 is 5.11 Å². The quantitative estimate of drug-likeness (QED) is 0.682. The van der Waals surface area contributed by atoms with Gasteiger partial charge in [-0.25, -0.2) is 0 Å². The van der Waals surface area contributed by atoms with E-state index in [1.54, 1.807) is 12.1 Å². The molecule has 0 bridgehead atoms. The molecule has 2 aromatic carbocycles. The number of aromatic nitrogens is 1. The van der Waals surface area contributed by atoms with Gasteiger partial charge in [-0.3, -0.25) is 4.98 Å². The zero-order valence-corrected chi connectivity index (χ0v) is 13.5. The van der Waals surface area contributed by atoms with Gasteiger partial charge in [0.1, 0.15) is 5.75 Å². The van der Waals surface area contributed by atoms with Crippen LogP contribution in [0.1, 0.15) is 17.0 Å². The third-order valence-corrected chi connectivity index (χ3v) is 3.76. The second-order valence-electron chi connectivity index (χ2n) is 5.32. The summed E-state index contributed by atoms with van der Waals surface area (Å²) in [5.41, 5.74) is 4.90. The standard InChI is InChI=1S/C20H16ClNO/c1-14-5-11-19(16-7-9-18(23)10-8-16)20(22-14)12-6-15-3-2-4-17(21)13-15/h2-13,23H,1H3. The van der Waals surface area contributed by atoms with E-state index in [1.165, 1.54) is 0 Å². The van der Waals surface area contributed by atoms with Gasteiger partial charge in [0.25, 0.3) is 0 Å². The first-order valence-corrected chi connectivity index (χ1v) is 7.70. The highest BCUT2D eigenvalue weighted by molar-refractivity contribution is 6.30. The minimum Gasteiger partial charge on any atom is -0.508 e. The molecule has 23 heavy (non-hydrogen) atoms. The first-order chi connectivity index (χ1) is 11.1. The minimum atomic E-state index is 0.254. The first-order valence-electron chi connectivity index (χ1n) is 7.32. The highest BCUT2D eigenvalue weighted by atomic mass is 35.5. The lowest BCUT2D eigenvalue weighted by Crippen LogP contribution is -1.90. The van der Waals surface area contributed by atoms with Crippen molar-refractivity contribution in [3.05, 3.63) is 82.6 Å². The number of pyridine rings is 1. The van der Waals surface area contributed by atoms with Crippen molar-refractivity contribution in [3.63, 3.8) is 0 Å². The first kappa shape index (κ1) is 15.3. The Bertz CT molecular complexity index is 854. The lowest BCUT2D eigenvalue weighted by molar-refractivity contribution is 0.475. The van der Waals surface area contributed by atoms with E-state index in [0.29, 0.717) is 5.02 Å². The van der Waals surface area contributed by atoms with Crippen LogP contribution < -0.4 is 0 Å². The maximum absolute atomic E-state index is 9.45. The fraction of sp³-hybridized carbons (Fsp3) is 0.0500. The van der Waals surface area contributed by atoms with Crippen LogP contribution in [0.15, 0.2) is 60.7 Å². The van der Waals surface area contributed by atoms with Crippen LogP contribution in [0.2, 0.25) is 5.02 Å². The summed E-state index contributed by atoms with van der Waals surface area (Å²) in [7, 11) is 0. The van der Waals surface area contributed by atoms with Crippen molar-refractivity contribution in [3.8, 4) is 16.9 Å². The molecule has 1 aromatic heterocycles. The Kier molecular flexibility index (Phi) is 4.45.